The van der Waals surface area contributed by atoms with Crippen molar-refractivity contribution in [1.29, 1.82) is 0 Å². The topological polar surface area (TPSA) is 38.0 Å². The second-order valence-corrected chi connectivity index (χ2v) is 5.35. The summed E-state index contributed by atoms with van der Waals surface area (Å²) in [5.74, 6) is 5.54. The summed E-state index contributed by atoms with van der Waals surface area (Å²) in [6, 6.07) is 0.479. The van der Waals surface area contributed by atoms with Gasteiger partial charge in [-0.25, -0.2) is 0 Å². The Labute approximate surface area is 114 Å². The van der Waals surface area contributed by atoms with Gasteiger partial charge in [0, 0.05) is 6.04 Å². The number of hydrogen-bond acceptors (Lipinski definition) is 2. The van der Waals surface area contributed by atoms with Crippen LogP contribution in [0.15, 0.2) is 12.7 Å². The molecular formula is C16H34N2. The summed E-state index contributed by atoms with van der Waals surface area (Å²) in [4.78, 5) is 0. The third kappa shape index (κ3) is 12.1. The standard InChI is InChI=1S/C16H34N2/c1-3-5-7-8-9-10-11-12-13-15-16(18-17)14-6-4-2/h4,16,18H,2-3,5-15,17H2,1H3. The van der Waals surface area contributed by atoms with Crippen molar-refractivity contribution in [2.24, 2.45) is 5.84 Å². The molecule has 0 heterocycles. The van der Waals surface area contributed by atoms with Gasteiger partial charge in [0.2, 0.25) is 0 Å². The first-order valence-corrected chi connectivity index (χ1v) is 7.92. The molecular weight excluding hydrogens is 220 g/mol. The van der Waals surface area contributed by atoms with Crippen molar-refractivity contribution in [3.8, 4) is 0 Å². The quantitative estimate of drug-likeness (QED) is 0.204. The Bertz CT molecular complexity index is 168. The molecule has 0 aromatic rings. The van der Waals surface area contributed by atoms with E-state index in [0.717, 1.165) is 12.8 Å². The first-order chi connectivity index (χ1) is 8.85. The largest absolute Gasteiger partial charge is 0.271 e. The Hall–Kier alpha value is -0.340. The average molecular weight is 254 g/mol. The molecule has 0 saturated heterocycles. The summed E-state index contributed by atoms with van der Waals surface area (Å²) in [5.41, 5.74) is 2.91. The van der Waals surface area contributed by atoms with Gasteiger partial charge in [0.25, 0.3) is 0 Å². The minimum Gasteiger partial charge on any atom is -0.271 e. The summed E-state index contributed by atoms with van der Waals surface area (Å²) >= 11 is 0. The Kier molecular flexibility index (Phi) is 14.4. The lowest BCUT2D eigenvalue weighted by atomic mass is 10.0. The Morgan fingerprint density at radius 3 is 2.00 bits per heavy atom. The van der Waals surface area contributed by atoms with Gasteiger partial charge in [-0.1, -0.05) is 70.8 Å². The highest BCUT2D eigenvalue weighted by Crippen LogP contribution is 2.12. The number of allylic oxidation sites excluding steroid dienone is 1. The molecule has 1 unspecified atom stereocenters. The average Bonchev–Trinajstić information content (AvgIpc) is 2.40. The zero-order valence-electron chi connectivity index (χ0n) is 12.4. The Morgan fingerprint density at radius 2 is 1.50 bits per heavy atom. The predicted octanol–water partition coefficient (Wildman–Crippen LogP) is 4.71. The van der Waals surface area contributed by atoms with Gasteiger partial charge in [0.15, 0.2) is 0 Å². The molecule has 0 aliphatic rings. The molecule has 0 aliphatic carbocycles. The third-order valence-corrected chi connectivity index (χ3v) is 3.61. The second-order valence-electron chi connectivity index (χ2n) is 5.35. The number of rotatable bonds is 14. The van der Waals surface area contributed by atoms with Crippen molar-refractivity contribution in [2.45, 2.75) is 90.0 Å². The zero-order valence-corrected chi connectivity index (χ0v) is 12.4. The van der Waals surface area contributed by atoms with Crippen LogP contribution in [0.2, 0.25) is 0 Å². The fraction of sp³-hybridized carbons (Fsp3) is 0.875. The number of hydrogen-bond donors (Lipinski definition) is 2. The van der Waals surface area contributed by atoms with Gasteiger partial charge in [-0.15, -0.1) is 6.58 Å². The molecule has 0 aliphatic heterocycles. The van der Waals surface area contributed by atoms with Crippen LogP contribution in [0.5, 0.6) is 0 Å². The summed E-state index contributed by atoms with van der Waals surface area (Å²) < 4.78 is 0. The minimum atomic E-state index is 0.479. The lowest BCUT2D eigenvalue weighted by molar-refractivity contribution is 0.440. The van der Waals surface area contributed by atoms with E-state index in [2.05, 4.69) is 18.9 Å². The Morgan fingerprint density at radius 1 is 0.944 bits per heavy atom. The van der Waals surface area contributed by atoms with Gasteiger partial charge >= 0.3 is 0 Å². The van der Waals surface area contributed by atoms with Gasteiger partial charge in [0.1, 0.15) is 0 Å². The molecule has 0 radical (unpaired) electrons. The van der Waals surface area contributed by atoms with Gasteiger partial charge in [-0.2, -0.15) is 0 Å². The lowest BCUT2D eigenvalue weighted by Gasteiger charge is -2.14. The molecule has 0 fully saturated rings. The Balaban J connectivity index is 3.19. The first-order valence-electron chi connectivity index (χ1n) is 7.92. The molecule has 0 amide bonds. The van der Waals surface area contributed by atoms with E-state index >= 15 is 0 Å². The molecule has 0 aromatic carbocycles. The van der Waals surface area contributed by atoms with Crippen molar-refractivity contribution >= 4 is 0 Å². The maximum atomic E-state index is 5.54. The van der Waals surface area contributed by atoms with E-state index < -0.39 is 0 Å². The molecule has 18 heavy (non-hydrogen) atoms. The monoisotopic (exact) mass is 254 g/mol. The SMILES string of the molecule is C=CCCC(CCCCCCCCCCC)NN. The number of unbranched alkanes of at least 4 members (excludes halogenated alkanes) is 8. The second kappa shape index (κ2) is 14.7. The molecule has 0 bridgehead atoms. The minimum absolute atomic E-state index is 0.479. The van der Waals surface area contributed by atoms with Crippen LogP contribution in [0.3, 0.4) is 0 Å². The molecule has 0 spiro atoms. The van der Waals surface area contributed by atoms with E-state index in [9.17, 15) is 0 Å². The van der Waals surface area contributed by atoms with Crippen LogP contribution in [0.4, 0.5) is 0 Å². The smallest absolute Gasteiger partial charge is 0.0213 e. The van der Waals surface area contributed by atoms with Crippen molar-refractivity contribution in [1.82, 2.24) is 5.43 Å². The highest BCUT2D eigenvalue weighted by molar-refractivity contribution is 4.72. The summed E-state index contributed by atoms with van der Waals surface area (Å²) in [6.45, 7) is 6.02. The van der Waals surface area contributed by atoms with E-state index in [1.165, 1.54) is 64.2 Å². The van der Waals surface area contributed by atoms with Crippen LogP contribution in [-0.4, -0.2) is 6.04 Å². The molecule has 2 heteroatoms. The van der Waals surface area contributed by atoms with Gasteiger partial charge in [0.05, 0.1) is 0 Å². The number of nitrogens with two attached hydrogens (primary N) is 1. The van der Waals surface area contributed by atoms with Gasteiger partial charge in [-0.05, 0) is 19.3 Å². The summed E-state index contributed by atoms with van der Waals surface area (Å²) in [5, 5.41) is 0. The van der Waals surface area contributed by atoms with Crippen LogP contribution in [-0.2, 0) is 0 Å². The highest BCUT2D eigenvalue weighted by atomic mass is 15.2. The van der Waals surface area contributed by atoms with Crippen LogP contribution in [0.1, 0.15) is 84.0 Å². The molecule has 108 valence electrons. The van der Waals surface area contributed by atoms with Gasteiger partial charge in [-0.3, -0.25) is 11.3 Å². The molecule has 0 rings (SSSR count). The number of hydrazine groups is 1. The van der Waals surface area contributed by atoms with E-state index in [0.29, 0.717) is 6.04 Å². The first kappa shape index (κ1) is 17.7. The normalized spacial score (nSPS) is 12.6. The molecule has 3 N–H and O–H groups in total. The van der Waals surface area contributed by atoms with Crippen LogP contribution in [0.25, 0.3) is 0 Å². The summed E-state index contributed by atoms with van der Waals surface area (Å²) in [7, 11) is 0. The maximum absolute atomic E-state index is 5.54. The molecule has 2 nitrogen and oxygen atoms in total. The van der Waals surface area contributed by atoms with E-state index in [-0.39, 0.29) is 0 Å². The van der Waals surface area contributed by atoms with E-state index in [1.54, 1.807) is 0 Å². The summed E-state index contributed by atoms with van der Waals surface area (Å²) in [6.07, 6.45) is 17.9. The predicted molar refractivity (Wildman–Crippen MR) is 82.4 cm³/mol. The molecule has 1 atom stereocenters. The fourth-order valence-electron chi connectivity index (χ4n) is 2.33. The van der Waals surface area contributed by atoms with Crippen LogP contribution < -0.4 is 11.3 Å². The zero-order chi connectivity index (χ0) is 13.5. The van der Waals surface area contributed by atoms with E-state index in [1.807, 2.05) is 6.08 Å². The van der Waals surface area contributed by atoms with E-state index in [4.69, 9.17) is 5.84 Å². The highest BCUT2D eigenvalue weighted by Gasteiger charge is 2.04. The van der Waals surface area contributed by atoms with Crippen molar-refractivity contribution in [3.63, 3.8) is 0 Å². The number of nitrogens with one attached hydrogen (secondary N) is 1. The van der Waals surface area contributed by atoms with Gasteiger partial charge < -0.3 is 0 Å². The van der Waals surface area contributed by atoms with Crippen LogP contribution >= 0.6 is 0 Å². The third-order valence-electron chi connectivity index (χ3n) is 3.61. The maximum Gasteiger partial charge on any atom is 0.0213 e. The molecule has 0 aromatic heterocycles. The van der Waals surface area contributed by atoms with Crippen molar-refractivity contribution < 1.29 is 0 Å². The fourth-order valence-corrected chi connectivity index (χ4v) is 2.33. The van der Waals surface area contributed by atoms with Crippen LogP contribution in [0, 0.1) is 0 Å². The molecule has 0 saturated carbocycles. The van der Waals surface area contributed by atoms with Crippen molar-refractivity contribution in [3.05, 3.63) is 12.7 Å². The van der Waals surface area contributed by atoms with Crippen molar-refractivity contribution in [2.75, 3.05) is 0 Å². The lowest BCUT2D eigenvalue weighted by Crippen LogP contribution is -2.34.